The Bertz CT molecular complexity index is 749. The summed E-state index contributed by atoms with van der Waals surface area (Å²) < 4.78 is 17.1. The van der Waals surface area contributed by atoms with Gasteiger partial charge in [0.15, 0.2) is 11.5 Å². The predicted octanol–water partition coefficient (Wildman–Crippen LogP) is 3.64. The van der Waals surface area contributed by atoms with Crippen molar-refractivity contribution >= 4 is 0 Å². The molecule has 3 heterocycles. The number of methoxy groups -OCH3 is 1. The molecule has 144 valence electrons. The average molecular weight is 369 g/mol. The van der Waals surface area contributed by atoms with Crippen LogP contribution in [0.2, 0.25) is 0 Å². The van der Waals surface area contributed by atoms with E-state index < -0.39 is 0 Å². The van der Waals surface area contributed by atoms with Gasteiger partial charge in [0, 0.05) is 44.1 Å². The SMILES string of the molecule is COc1ccccc1Oc1nccnc1C1CCCN(C2CCOCC2)C1. The van der Waals surface area contributed by atoms with Crippen LogP contribution in [-0.2, 0) is 4.74 Å². The number of ether oxygens (including phenoxy) is 3. The molecule has 1 unspecified atom stereocenters. The van der Waals surface area contributed by atoms with Gasteiger partial charge in [-0.15, -0.1) is 0 Å². The number of piperidine rings is 1. The molecule has 6 heteroatoms. The van der Waals surface area contributed by atoms with Gasteiger partial charge >= 0.3 is 0 Å². The first-order valence-electron chi connectivity index (χ1n) is 9.78. The molecule has 2 aromatic rings. The van der Waals surface area contributed by atoms with Gasteiger partial charge in [-0.3, -0.25) is 9.88 Å². The van der Waals surface area contributed by atoms with Gasteiger partial charge in [0.1, 0.15) is 5.69 Å². The summed E-state index contributed by atoms with van der Waals surface area (Å²) in [5.41, 5.74) is 0.945. The summed E-state index contributed by atoms with van der Waals surface area (Å²) in [5.74, 6) is 2.28. The Morgan fingerprint density at radius 1 is 1.04 bits per heavy atom. The second-order valence-electron chi connectivity index (χ2n) is 7.18. The Labute approximate surface area is 160 Å². The molecular weight excluding hydrogens is 342 g/mol. The molecule has 1 aromatic heterocycles. The van der Waals surface area contributed by atoms with E-state index >= 15 is 0 Å². The van der Waals surface area contributed by atoms with Gasteiger partial charge in [0.2, 0.25) is 5.88 Å². The van der Waals surface area contributed by atoms with E-state index in [4.69, 9.17) is 14.2 Å². The van der Waals surface area contributed by atoms with Gasteiger partial charge in [-0.2, -0.15) is 0 Å². The summed E-state index contributed by atoms with van der Waals surface area (Å²) in [7, 11) is 1.65. The first kappa shape index (κ1) is 18.2. The number of para-hydroxylation sites is 2. The largest absolute Gasteiger partial charge is 0.493 e. The first-order valence-corrected chi connectivity index (χ1v) is 9.78. The lowest BCUT2D eigenvalue weighted by Gasteiger charge is -2.39. The fourth-order valence-corrected chi connectivity index (χ4v) is 4.11. The van der Waals surface area contributed by atoms with Crippen molar-refractivity contribution in [3.05, 3.63) is 42.4 Å². The molecule has 2 saturated heterocycles. The van der Waals surface area contributed by atoms with Crippen LogP contribution in [0.3, 0.4) is 0 Å². The van der Waals surface area contributed by atoms with E-state index in [2.05, 4.69) is 14.9 Å². The van der Waals surface area contributed by atoms with Gasteiger partial charge in [-0.25, -0.2) is 4.98 Å². The van der Waals surface area contributed by atoms with E-state index in [9.17, 15) is 0 Å². The van der Waals surface area contributed by atoms with Gasteiger partial charge in [0.05, 0.1) is 7.11 Å². The number of rotatable bonds is 5. The number of hydrogen-bond acceptors (Lipinski definition) is 6. The third kappa shape index (κ3) is 4.22. The van der Waals surface area contributed by atoms with E-state index in [1.165, 1.54) is 6.42 Å². The molecule has 2 aliphatic heterocycles. The van der Waals surface area contributed by atoms with Gasteiger partial charge in [-0.1, -0.05) is 12.1 Å². The number of nitrogens with zero attached hydrogens (tertiary/aromatic N) is 3. The molecule has 0 bridgehead atoms. The van der Waals surface area contributed by atoms with E-state index in [1.54, 1.807) is 19.5 Å². The van der Waals surface area contributed by atoms with Crippen molar-refractivity contribution in [1.29, 1.82) is 0 Å². The highest BCUT2D eigenvalue weighted by Gasteiger charge is 2.30. The van der Waals surface area contributed by atoms with Crippen molar-refractivity contribution in [2.45, 2.75) is 37.6 Å². The molecule has 2 aliphatic rings. The Balaban J connectivity index is 1.53. The first-order chi connectivity index (χ1) is 13.3. The maximum Gasteiger partial charge on any atom is 0.241 e. The molecule has 6 nitrogen and oxygen atoms in total. The number of benzene rings is 1. The van der Waals surface area contributed by atoms with Crippen LogP contribution in [0.1, 0.15) is 37.3 Å². The van der Waals surface area contributed by atoms with Crippen molar-refractivity contribution < 1.29 is 14.2 Å². The van der Waals surface area contributed by atoms with Crippen molar-refractivity contribution in [2.75, 3.05) is 33.4 Å². The third-order valence-electron chi connectivity index (χ3n) is 5.51. The lowest BCUT2D eigenvalue weighted by molar-refractivity contribution is 0.0236. The second-order valence-corrected chi connectivity index (χ2v) is 7.18. The smallest absolute Gasteiger partial charge is 0.241 e. The van der Waals surface area contributed by atoms with Crippen LogP contribution in [0.4, 0.5) is 0 Å². The molecule has 0 spiro atoms. The molecule has 0 N–H and O–H groups in total. The standard InChI is InChI=1S/C21H27N3O3/c1-25-18-6-2-3-7-19(18)27-21-20(22-10-11-23-21)16-5-4-12-24(15-16)17-8-13-26-14-9-17/h2-3,6-7,10-11,16-17H,4-5,8-9,12-15H2,1H3. The van der Waals surface area contributed by atoms with Crippen LogP contribution in [0, 0.1) is 0 Å². The van der Waals surface area contributed by atoms with Crippen LogP contribution in [0.5, 0.6) is 17.4 Å². The molecule has 4 rings (SSSR count). The monoisotopic (exact) mass is 369 g/mol. The summed E-state index contributed by atoms with van der Waals surface area (Å²) in [6.07, 6.45) is 7.98. The molecule has 0 aliphatic carbocycles. The van der Waals surface area contributed by atoms with E-state index in [-0.39, 0.29) is 0 Å². The Hall–Kier alpha value is -2.18. The van der Waals surface area contributed by atoms with Gasteiger partial charge in [0.25, 0.3) is 0 Å². The normalized spacial score (nSPS) is 21.7. The van der Waals surface area contributed by atoms with E-state index in [0.717, 1.165) is 51.3 Å². The lowest BCUT2D eigenvalue weighted by Crippen LogP contribution is -2.44. The molecule has 0 amide bonds. The van der Waals surface area contributed by atoms with Crippen LogP contribution in [0.15, 0.2) is 36.7 Å². The summed E-state index contributed by atoms with van der Waals surface area (Å²) in [4.78, 5) is 11.7. The molecular formula is C21H27N3O3. The van der Waals surface area contributed by atoms with Crippen molar-refractivity contribution in [3.8, 4) is 17.4 Å². The zero-order chi connectivity index (χ0) is 18.5. The molecule has 2 fully saturated rings. The Morgan fingerprint density at radius 2 is 1.81 bits per heavy atom. The zero-order valence-corrected chi connectivity index (χ0v) is 15.8. The highest BCUT2D eigenvalue weighted by molar-refractivity contribution is 5.42. The molecule has 27 heavy (non-hydrogen) atoms. The summed E-state index contributed by atoms with van der Waals surface area (Å²) in [6, 6.07) is 8.26. The topological polar surface area (TPSA) is 56.7 Å². The Kier molecular flexibility index (Phi) is 5.84. The highest BCUT2D eigenvalue weighted by Crippen LogP contribution is 2.36. The van der Waals surface area contributed by atoms with Crippen LogP contribution in [-0.4, -0.2) is 54.3 Å². The number of hydrogen-bond donors (Lipinski definition) is 0. The lowest BCUT2D eigenvalue weighted by atomic mass is 9.92. The molecule has 1 aromatic carbocycles. The average Bonchev–Trinajstić information content (AvgIpc) is 2.75. The van der Waals surface area contributed by atoms with Gasteiger partial charge < -0.3 is 14.2 Å². The van der Waals surface area contributed by atoms with Crippen LogP contribution < -0.4 is 9.47 Å². The second kappa shape index (κ2) is 8.67. The minimum atomic E-state index is 0.333. The summed E-state index contributed by atoms with van der Waals surface area (Å²) in [6.45, 7) is 3.91. The summed E-state index contributed by atoms with van der Waals surface area (Å²) in [5, 5.41) is 0. The maximum atomic E-state index is 6.13. The zero-order valence-electron chi connectivity index (χ0n) is 15.8. The van der Waals surface area contributed by atoms with Crippen molar-refractivity contribution in [3.63, 3.8) is 0 Å². The van der Waals surface area contributed by atoms with Crippen molar-refractivity contribution in [1.82, 2.24) is 14.9 Å². The van der Waals surface area contributed by atoms with Crippen LogP contribution >= 0.6 is 0 Å². The predicted molar refractivity (Wildman–Crippen MR) is 102 cm³/mol. The molecule has 1 atom stereocenters. The van der Waals surface area contributed by atoms with E-state index in [1.807, 2.05) is 24.3 Å². The third-order valence-corrected chi connectivity index (χ3v) is 5.51. The van der Waals surface area contributed by atoms with E-state index in [0.29, 0.717) is 29.3 Å². The molecule has 0 saturated carbocycles. The quantitative estimate of drug-likeness (QED) is 0.802. The fourth-order valence-electron chi connectivity index (χ4n) is 4.11. The highest BCUT2D eigenvalue weighted by atomic mass is 16.5. The summed E-state index contributed by atoms with van der Waals surface area (Å²) >= 11 is 0. The minimum Gasteiger partial charge on any atom is -0.493 e. The number of likely N-dealkylation sites (tertiary alicyclic amines) is 1. The Morgan fingerprint density at radius 3 is 2.63 bits per heavy atom. The van der Waals surface area contributed by atoms with Crippen LogP contribution in [0.25, 0.3) is 0 Å². The number of aromatic nitrogens is 2. The minimum absolute atomic E-state index is 0.333. The molecule has 0 radical (unpaired) electrons. The maximum absolute atomic E-state index is 6.13. The fraction of sp³-hybridized carbons (Fsp3) is 0.524. The van der Waals surface area contributed by atoms with Crippen molar-refractivity contribution in [2.24, 2.45) is 0 Å². The van der Waals surface area contributed by atoms with Gasteiger partial charge in [-0.05, 0) is 44.4 Å².